The standard InChI is InChI=1S/C27H18ClNO5/c28-19-6-8-20(9-7-19)29-26(30)16-32-21-11-12-23-24(14-21)33-15-25(27(23)31)34-22-10-5-17-3-1-2-4-18(17)13-22/h1-15H,16H2,(H,29,30). The molecule has 1 heterocycles. The molecular weight excluding hydrogens is 454 g/mol. The van der Waals surface area contributed by atoms with Gasteiger partial charge in [0.1, 0.15) is 23.3 Å². The van der Waals surface area contributed by atoms with E-state index in [4.69, 9.17) is 25.5 Å². The molecule has 0 spiro atoms. The molecule has 5 rings (SSSR count). The van der Waals surface area contributed by atoms with Crippen LogP contribution in [-0.4, -0.2) is 12.5 Å². The van der Waals surface area contributed by atoms with Gasteiger partial charge in [-0.3, -0.25) is 9.59 Å². The second-order valence-corrected chi connectivity index (χ2v) is 7.98. The van der Waals surface area contributed by atoms with Gasteiger partial charge in [-0.2, -0.15) is 0 Å². The molecule has 0 saturated carbocycles. The zero-order valence-electron chi connectivity index (χ0n) is 17.8. The minimum Gasteiger partial charge on any atom is -0.484 e. The van der Waals surface area contributed by atoms with Gasteiger partial charge in [-0.25, -0.2) is 0 Å². The first-order valence-electron chi connectivity index (χ1n) is 10.5. The number of hydrogen-bond acceptors (Lipinski definition) is 5. The number of carbonyl (C=O) groups excluding carboxylic acids is 1. The van der Waals surface area contributed by atoms with E-state index < -0.39 is 0 Å². The van der Waals surface area contributed by atoms with E-state index in [1.807, 2.05) is 36.4 Å². The topological polar surface area (TPSA) is 77.8 Å². The average molecular weight is 472 g/mol. The predicted octanol–water partition coefficient (Wildman–Crippen LogP) is 6.41. The van der Waals surface area contributed by atoms with Crippen molar-refractivity contribution in [2.24, 2.45) is 0 Å². The number of anilines is 1. The molecule has 1 aromatic heterocycles. The number of ether oxygens (including phenoxy) is 2. The van der Waals surface area contributed by atoms with Crippen molar-refractivity contribution in [1.82, 2.24) is 0 Å². The summed E-state index contributed by atoms with van der Waals surface area (Å²) in [6.45, 7) is -0.207. The largest absolute Gasteiger partial charge is 0.484 e. The normalized spacial score (nSPS) is 10.9. The van der Waals surface area contributed by atoms with E-state index in [0.29, 0.717) is 33.2 Å². The van der Waals surface area contributed by atoms with Crippen LogP contribution in [0, 0.1) is 0 Å². The Balaban J connectivity index is 1.29. The molecule has 0 aliphatic rings. The maximum atomic E-state index is 12.9. The van der Waals surface area contributed by atoms with Crippen molar-refractivity contribution in [3.05, 3.63) is 106 Å². The van der Waals surface area contributed by atoms with Gasteiger partial charge in [-0.05, 0) is 59.3 Å². The number of nitrogens with one attached hydrogen (secondary N) is 1. The van der Waals surface area contributed by atoms with E-state index in [2.05, 4.69) is 5.32 Å². The smallest absolute Gasteiger partial charge is 0.262 e. The summed E-state index contributed by atoms with van der Waals surface area (Å²) in [5.41, 5.74) is 0.634. The van der Waals surface area contributed by atoms with Crippen molar-refractivity contribution in [3.8, 4) is 17.2 Å². The Hall–Kier alpha value is -4.29. The molecule has 5 aromatic rings. The highest BCUT2D eigenvalue weighted by Gasteiger charge is 2.12. The summed E-state index contributed by atoms with van der Waals surface area (Å²) < 4.78 is 17.0. The summed E-state index contributed by atoms with van der Waals surface area (Å²) >= 11 is 5.84. The molecule has 6 nitrogen and oxygen atoms in total. The quantitative estimate of drug-likeness (QED) is 0.309. The van der Waals surface area contributed by atoms with E-state index in [1.165, 1.54) is 6.26 Å². The van der Waals surface area contributed by atoms with Crippen molar-refractivity contribution < 1.29 is 18.7 Å². The van der Waals surface area contributed by atoms with E-state index in [-0.39, 0.29) is 23.7 Å². The van der Waals surface area contributed by atoms with E-state index in [1.54, 1.807) is 48.5 Å². The fraction of sp³-hybridized carbons (Fsp3) is 0.0370. The van der Waals surface area contributed by atoms with Crippen molar-refractivity contribution in [3.63, 3.8) is 0 Å². The van der Waals surface area contributed by atoms with Crippen molar-refractivity contribution in [2.75, 3.05) is 11.9 Å². The van der Waals surface area contributed by atoms with E-state index in [0.717, 1.165) is 10.8 Å². The van der Waals surface area contributed by atoms with Crippen LogP contribution < -0.4 is 20.2 Å². The summed E-state index contributed by atoms with van der Waals surface area (Å²) in [4.78, 5) is 25.0. The van der Waals surface area contributed by atoms with Gasteiger partial charge in [-0.15, -0.1) is 0 Å². The monoisotopic (exact) mass is 471 g/mol. The first-order chi connectivity index (χ1) is 16.5. The Morgan fingerprint density at radius 3 is 2.47 bits per heavy atom. The molecule has 0 aliphatic carbocycles. The maximum Gasteiger partial charge on any atom is 0.262 e. The highest BCUT2D eigenvalue weighted by Crippen LogP contribution is 2.26. The van der Waals surface area contributed by atoms with Gasteiger partial charge in [-0.1, -0.05) is 41.9 Å². The molecule has 34 heavy (non-hydrogen) atoms. The Morgan fingerprint density at radius 2 is 1.65 bits per heavy atom. The fourth-order valence-corrected chi connectivity index (χ4v) is 3.61. The van der Waals surface area contributed by atoms with Gasteiger partial charge in [0.25, 0.3) is 5.91 Å². The number of halogens is 1. The van der Waals surface area contributed by atoms with Gasteiger partial charge in [0.05, 0.1) is 5.39 Å². The Labute approximate surface area is 199 Å². The number of benzene rings is 4. The third-order valence-electron chi connectivity index (χ3n) is 5.16. The molecule has 1 N–H and O–H groups in total. The zero-order chi connectivity index (χ0) is 23.5. The third kappa shape index (κ3) is 4.72. The lowest BCUT2D eigenvalue weighted by Gasteiger charge is -2.09. The molecule has 0 radical (unpaired) electrons. The van der Waals surface area contributed by atoms with Crippen LogP contribution in [0.1, 0.15) is 0 Å². The molecule has 0 saturated heterocycles. The van der Waals surface area contributed by atoms with Gasteiger partial charge < -0.3 is 19.2 Å². The Morgan fingerprint density at radius 1 is 0.882 bits per heavy atom. The Bertz CT molecular complexity index is 1560. The van der Waals surface area contributed by atoms with Gasteiger partial charge in [0, 0.05) is 16.8 Å². The molecule has 0 fully saturated rings. The highest BCUT2D eigenvalue weighted by atomic mass is 35.5. The van der Waals surface area contributed by atoms with Gasteiger partial charge in [0.15, 0.2) is 6.61 Å². The van der Waals surface area contributed by atoms with Crippen molar-refractivity contribution in [2.45, 2.75) is 0 Å². The van der Waals surface area contributed by atoms with E-state index >= 15 is 0 Å². The molecule has 0 bridgehead atoms. The summed E-state index contributed by atoms with van der Waals surface area (Å²) in [5.74, 6) is 0.684. The lowest BCUT2D eigenvalue weighted by Crippen LogP contribution is -2.20. The number of amides is 1. The molecule has 7 heteroatoms. The van der Waals surface area contributed by atoms with Crippen LogP contribution in [0.25, 0.3) is 21.7 Å². The molecule has 1 amide bonds. The highest BCUT2D eigenvalue weighted by molar-refractivity contribution is 6.30. The van der Waals surface area contributed by atoms with Crippen LogP contribution in [0.15, 0.2) is 100 Å². The zero-order valence-corrected chi connectivity index (χ0v) is 18.5. The van der Waals surface area contributed by atoms with Crippen molar-refractivity contribution in [1.29, 1.82) is 0 Å². The van der Waals surface area contributed by atoms with Crippen molar-refractivity contribution >= 4 is 44.9 Å². The van der Waals surface area contributed by atoms with Crippen LogP contribution in [0.4, 0.5) is 5.69 Å². The van der Waals surface area contributed by atoms with Gasteiger partial charge >= 0.3 is 0 Å². The number of fused-ring (bicyclic) bond motifs is 2. The lowest BCUT2D eigenvalue weighted by atomic mass is 10.1. The van der Waals surface area contributed by atoms with Crippen LogP contribution >= 0.6 is 11.6 Å². The second-order valence-electron chi connectivity index (χ2n) is 7.54. The lowest BCUT2D eigenvalue weighted by molar-refractivity contribution is -0.118. The number of rotatable bonds is 6. The summed E-state index contributed by atoms with van der Waals surface area (Å²) in [6, 6.07) is 25.0. The van der Waals surface area contributed by atoms with Crippen LogP contribution in [0.2, 0.25) is 5.02 Å². The molecule has 0 aliphatic heterocycles. The van der Waals surface area contributed by atoms with Crippen LogP contribution in [-0.2, 0) is 4.79 Å². The molecule has 168 valence electrons. The first kappa shape index (κ1) is 21.6. The minimum absolute atomic E-state index is 0.0822. The first-order valence-corrected chi connectivity index (χ1v) is 10.8. The molecule has 0 unspecified atom stereocenters. The molecule has 0 atom stereocenters. The van der Waals surface area contributed by atoms with Gasteiger partial charge in [0.2, 0.25) is 11.2 Å². The van der Waals surface area contributed by atoms with Crippen LogP contribution in [0.3, 0.4) is 0 Å². The SMILES string of the molecule is O=C(COc1ccc2c(=O)c(Oc3ccc4ccccc4c3)coc2c1)Nc1ccc(Cl)cc1. The Kier molecular flexibility index (Phi) is 5.89. The maximum absolute atomic E-state index is 12.9. The van der Waals surface area contributed by atoms with Crippen LogP contribution in [0.5, 0.6) is 17.2 Å². The summed E-state index contributed by atoms with van der Waals surface area (Å²) in [5, 5.41) is 5.72. The second kappa shape index (κ2) is 9.29. The third-order valence-corrected chi connectivity index (χ3v) is 5.41. The minimum atomic E-state index is -0.331. The fourth-order valence-electron chi connectivity index (χ4n) is 3.49. The molecule has 4 aromatic carbocycles. The predicted molar refractivity (Wildman–Crippen MR) is 132 cm³/mol. The number of hydrogen-bond donors (Lipinski definition) is 1. The molecular formula is C27H18ClNO5. The summed E-state index contributed by atoms with van der Waals surface area (Å²) in [6.07, 6.45) is 1.27. The average Bonchev–Trinajstić information content (AvgIpc) is 2.86. The summed E-state index contributed by atoms with van der Waals surface area (Å²) in [7, 11) is 0. The van der Waals surface area contributed by atoms with E-state index in [9.17, 15) is 9.59 Å². The number of carbonyl (C=O) groups is 1.